The van der Waals surface area contributed by atoms with Gasteiger partial charge < -0.3 is 15.8 Å². The minimum atomic E-state index is 0.142. The topological polar surface area (TPSA) is 72.2 Å². The highest BCUT2D eigenvalue weighted by molar-refractivity contribution is 6.43. The van der Waals surface area contributed by atoms with E-state index >= 15 is 0 Å². The zero-order chi connectivity index (χ0) is 25.1. The number of nitrogens with one attached hydrogen (secondary N) is 2. The van der Waals surface area contributed by atoms with Crippen molar-refractivity contribution < 1.29 is 5.11 Å². The van der Waals surface area contributed by atoms with Gasteiger partial charge in [0, 0.05) is 44.7 Å². The number of rotatable bonds is 11. The van der Waals surface area contributed by atoms with Gasteiger partial charge in [0.15, 0.2) is 0 Å². The first kappa shape index (κ1) is 31.5. The summed E-state index contributed by atoms with van der Waals surface area (Å²) in [7, 11) is 1.74. The Morgan fingerprint density at radius 1 is 1.24 bits per heavy atom. The summed E-state index contributed by atoms with van der Waals surface area (Å²) in [6, 6.07) is 0. The lowest BCUT2D eigenvalue weighted by molar-refractivity contribution is 0.195. The van der Waals surface area contributed by atoms with E-state index in [1.165, 1.54) is 24.8 Å². The van der Waals surface area contributed by atoms with Crippen LogP contribution in [0.25, 0.3) is 0 Å². The number of aliphatic imine (C=N–C) groups is 2. The molecule has 0 amide bonds. The Morgan fingerprint density at radius 3 is 2.39 bits per heavy atom. The van der Waals surface area contributed by atoms with Gasteiger partial charge in [-0.15, -0.1) is 24.4 Å². The number of amidine groups is 2. The van der Waals surface area contributed by atoms with Gasteiger partial charge in [-0.05, 0) is 43.8 Å². The van der Waals surface area contributed by atoms with E-state index in [2.05, 4.69) is 45.5 Å². The summed E-state index contributed by atoms with van der Waals surface area (Å²) in [4.78, 5) is 9.00. The highest BCUT2D eigenvalue weighted by Gasteiger charge is 2.14. The van der Waals surface area contributed by atoms with Gasteiger partial charge in [0.05, 0.1) is 10.7 Å². The molecule has 0 saturated carbocycles. The fourth-order valence-corrected chi connectivity index (χ4v) is 3.63. The van der Waals surface area contributed by atoms with E-state index in [9.17, 15) is 5.11 Å². The molecule has 0 aliphatic carbocycles. The normalized spacial score (nSPS) is 17.8. The highest BCUT2D eigenvalue weighted by Crippen LogP contribution is 2.16. The van der Waals surface area contributed by atoms with Crippen molar-refractivity contribution in [3.63, 3.8) is 0 Å². The second-order valence-corrected chi connectivity index (χ2v) is 8.22. The fraction of sp³-hybridized carbons (Fsp3) is 0.583. The number of hydrogen-bond donors (Lipinski definition) is 3. The third-order valence-electron chi connectivity index (χ3n) is 5.13. The largest absolute Gasteiger partial charge is 0.396 e. The Bertz CT molecular complexity index is 723. The summed E-state index contributed by atoms with van der Waals surface area (Å²) in [5.41, 5.74) is 6.16. The number of aliphatic hydroxyl groups is 1. The Hall–Kier alpha value is -1.49. The minimum Gasteiger partial charge on any atom is -0.396 e. The van der Waals surface area contributed by atoms with Gasteiger partial charge in [0.25, 0.3) is 0 Å². The molecule has 0 aromatic heterocycles. The summed E-state index contributed by atoms with van der Waals surface area (Å²) < 4.78 is 0. The Balaban J connectivity index is 0.00000497. The number of allylic oxidation sites excluding steroid dienone is 2. The molecule has 1 aliphatic rings. The van der Waals surface area contributed by atoms with Crippen molar-refractivity contribution in [1.82, 2.24) is 15.8 Å². The number of nitrogens with zero attached hydrogens (tertiary/aromatic N) is 3. The van der Waals surface area contributed by atoms with Gasteiger partial charge in [-0.25, -0.2) is 5.01 Å². The van der Waals surface area contributed by atoms with E-state index in [4.69, 9.17) is 34.8 Å². The number of piperidine rings is 1. The maximum Gasteiger partial charge on any atom is 0.144 e. The van der Waals surface area contributed by atoms with E-state index in [-0.39, 0.29) is 18.4 Å². The monoisotopic (exact) mass is 517 g/mol. The molecule has 9 heteroatoms. The van der Waals surface area contributed by atoms with Crippen LogP contribution >= 0.6 is 34.8 Å². The summed E-state index contributed by atoms with van der Waals surface area (Å²) in [6.07, 6.45) is 16.9. The van der Waals surface area contributed by atoms with Gasteiger partial charge in [0.2, 0.25) is 0 Å². The van der Waals surface area contributed by atoms with Crippen LogP contribution in [0, 0.1) is 18.8 Å². The lowest BCUT2D eigenvalue weighted by Crippen LogP contribution is -2.44. The van der Waals surface area contributed by atoms with Gasteiger partial charge in [-0.3, -0.25) is 9.98 Å². The first-order valence-electron chi connectivity index (χ1n) is 11.2. The van der Waals surface area contributed by atoms with E-state index in [0.29, 0.717) is 35.4 Å². The van der Waals surface area contributed by atoms with Crippen LogP contribution in [0.2, 0.25) is 0 Å². The van der Waals surface area contributed by atoms with Crippen LogP contribution in [0.1, 0.15) is 46.0 Å². The molecule has 1 atom stereocenters. The molecule has 1 fully saturated rings. The maximum atomic E-state index is 9.23. The van der Waals surface area contributed by atoms with Crippen LogP contribution < -0.4 is 10.7 Å². The summed E-state index contributed by atoms with van der Waals surface area (Å²) >= 11 is 18.8. The molecule has 186 valence electrons. The van der Waals surface area contributed by atoms with Crippen LogP contribution in [-0.4, -0.2) is 61.0 Å². The van der Waals surface area contributed by atoms with Crippen LogP contribution in [-0.2, 0) is 0 Å². The van der Waals surface area contributed by atoms with E-state index in [1.807, 2.05) is 13.0 Å². The molecule has 1 saturated heterocycles. The van der Waals surface area contributed by atoms with Crippen LogP contribution in [0.15, 0.2) is 44.0 Å². The molecular formula is C24H38Cl3N5O. The third kappa shape index (κ3) is 12.5. The summed E-state index contributed by atoms with van der Waals surface area (Å²) in [5.74, 6) is 1.74. The van der Waals surface area contributed by atoms with Crippen molar-refractivity contribution in [2.45, 2.75) is 46.0 Å². The van der Waals surface area contributed by atoms with E-state index in [1.54, 1.807) is 13.1 Å². The van der Waals surface area contributed by atoms with Crippen molar-refractivity contribution >= 4 is 46.5 Å². The molecule has 0 aromatic carbocycles. The smallest absolute Gasteiger partial charge is 0.144 e. The first-order valence-corrected chi connectivity index (χ1v) is 12.5. The van der Waals surface area contributed by atoms with Crippen molar-refractivity contribution in [3.05, 3.63) is 34.0 Å². The number of hydrazine groups is 1. The van der Waals surface area contributed by atoms with Gasteiger partial charge in [0.1, 0.15) is 11.7 Å². The lowest BCUT2D eigenvalue weighted by Gasteiger charge is -2.28. The van der Waals surface area contributed by atoms with E-state index in [0.717, 1.165) is 25.1 Å². The lowest BCUT2D eigenvalue weighted by atomic mass is 10.0. The van der Waals surface area contributed by atoms with Crippen molar-refractivity contribution in [1.29, 1.82) is 0 Å². The highest BCUT2D eigenvalue weighted by atomic mass is 35.5. The predicted octanol–water partition coefficient (Wildman–Crippen LogP) is 5.04. The number of hydrogen-bond acceptors (Lipinski definition) is 4. The molecule has 0 aromatic rings. The number of alkyl halides is 1. The third-order valence-corrected chi connectivity index (χ3v) is 6.04. The molecule has 1 aliphatic heterocycles. The van der Waals surface area contributed by atoms with E-state index < -0.39 is 0 Å². The average Bonchev–Trinajstić information content (AvgIpc) is 2.87. The molecule has 3 N–H and O–H groups in total. The van der Waals surface area contributed by atoms with Crippen LogP contribution in [0.4, 0.5) is 0 Å². The molecule has 0 radical (unpaired) electrons. The van der Waals surface area contributed by atoms with Crippen LogP contribution in [0.5, 0.6) is 0 Å². The Kier molecular flexibility index (Phi) is 19.0. The summed E-state index contributed by atoms with van der Waals surface area (Å²) in [6.45, 7) is 6.59. The molecule has 1 unspecified atom stereocenters. The molecule has 0 bridgehead atoms. The zero-order valence-corrected chi connectivity index (χ0v) is 22.2. The van der Waals surface area contributed by atoms with Crippen molar-refractivity contribution in [2.75, 3.05) is 39.2 Å². The van der Waals surface area contributed by atoms with Crippen molar-refractivity contribution in [2.24, 2.45) is 15.9 Å². The quantitative estimate of drug-likeness (QED) is 0.118. The van der Waals surface area contributed by atoms with Gasteiger partial charge in [-0.2, -0.15) is 0 Å². The standard InChI is InChI=1S/C22H36Cl3N5O.C2H2/c1-4-17(9-12-31)16-27-22(19(25)5-2)28-20(15-24)18(14-23)13-21(26-3)29-30-10-7-6-8-11-30;1-2/h5,13,15,17,31H,4,6-12,14,16H2,1-3H3,(H,26,29)(H,27,28);1-2H/b18-13+,19-5+,20-15+;. The molecule has 1 heterocycles. The fourth-order valence-electron chi connectivity index (χ4n) is 3.11. The Labute approximate surface area is 214 Å². The SMILES string of the molecule is C#C.C/C=C(/Cl)C(=NCC(CC)CCO)NC(=C/Cl)/C(=C/C(=NC)NN1CCCCC1)CCl. The maximum absolute atomic E-state index is 9.23. The average molecular weight is 519 g/mol. The molecular weight excluding hydrogens is 481 g/mol. The Morgan fingerprint density at radius 2 is 1.91 bits per heavy atom. The number of terminal acetylenes is 1. The number of halogens is 3. The second-order valence-electron chi connectivity index (χ2n) is 7.33. The second kappa shape index (κ2) is 19.9. The summed E-state index contributed by atoms with van der Waals surface area (Å²) in [5, 5.41) is 15.1. The molecule has 0 spiro atoms. The minimum absolute atomic E-state index is 0.142. The van der Waals surface area contributed by atoms with Gasteiger partial charge >= 0.3 is 0 Å². The number of aliphatic hydroxyl groups excluding tert-OH is 1. The van der Waals surface area contributed by atoms with Gasteiger partial charge in [-0.1, -0.05) is 49.0 Å². The molecule has 33 heavy (non-hydrogen) atoms. The first-order chi connectivity index (χ1) is 16.0. The van der Waals surface area contributed by atoms with Crippen LogP contribution in [0.3, 0.4) is 0 Å². The zero-order valence-electron chi connectivity index (χ0n) is 20.0. The predicted molar refractivity (Wildman–Crippen MR) is 145 cm³/mol. The molecule has 6 nitrogen and oxygen atoms in total. The molecule has 1 rings (SSSR count). The van der Waals surface area contributed by atoms with Crippen molar-refractivity contribution in [3.8, 4) is 12.8 Å².